The lowest BCUT2D eigenvalue weighted by molar-refractivity contribution is 0.276. The fourth-order valence-electron chi connectivity index (χ4n) is 2.51. The fraction of sp³-hybridized carbons (Fsp3) is 0.538. The summed E-state index contributed by atoms with van der Waals surface area (Å²) in [5.41, 5.74) is 1.04. The predicted octanol–water partition coefficient (Wildman–Crippen LogP) is 1.44. The quantitative estimate of drug-likeness (QED) is 0.898. The van der Waals surface area contributed by atoms with Gasteiger partial charge in [-0.05, 0) is 43.5 Å². The topological polar surface area (TPSA) is 57.6 Å². The van der Waals surface area contributed by atoms with Gasteiger partial charge >= 0.3 is 0 Å². The summed E-state index contributed by atoms with van der Waals surface area (Å²) in [5.74, 6) is 0. The van der Waals surface area contributed by atoms with Crippen LogP contribution in [-0.2, 0) is 9.84 Å². The smallest absolute Gasteiger partial charge is 0.175 e. The number of hydrogen-bond donors (Lipinski definition) is 1. The highest BCUT2D eigenvalue weighted by atomic mass is 32.2. The Balaban J connectivity index is 2.19. The van der Waals surface area contributed by atoms with Crippen molar-refractivity contribution in [1.82, 2.24) is 0 Å². The lowest BCUT2D eigenvalue weighted by atomic mass is 10.1. The van der Waals surface area contributed by atoms with Crippen molar-refractivity contribution in [3.63, 3.8) is 0 Å². The van der Waals surface area contributed by atoms with E-state index < -0.39 is 9.84 Å². The van der Waals surface area contributed by atoms with Crippen LogP contribution < -0.4 is 4.90 Å². The molecular formula is C13H19NO3S. The average molecular weight is 269 g/mol. The van der Waals surface area contributed by atoms with E-state index in [1.807, 2.05) is 12.1 Å². The molecule has 0 aliphatic carbocycles. The third kappa shape index (κ3) is 2.84. The minimum absolute atomic E-state index is 0.197. The van der Waals surface area contributed by atoms with Crippen molar-refractivity contribution in [1.29, 1.82) is 0 Å². The van der Waals surface area contributed by atoms with Crippen molar-refractivity contribution >= 4 is 15.5 Å². The normalized spacial score (nSPS) is 20.3. The van der Waals surface area contributed by atoms with E-state index in [1.165, 1.54) is 6.26 Å². The Kier molecular flexibility index (Phi) is 3.92. The first kappa shape index (κ1) is 13.4. The zero-order valence-electron chi connectivity index (χ0n) is 10.5. The molecule has 1 fully saturated rings. The van der Waals surface area contributed by atoms with E-state index in [4.69, 9.17) is 5.11 Å². The van der Waals surface area contributed by atoms with Crippen LogP contribution in [0.4, 0.5) is 5.69 Å². The molecule has 1 saturated heterocycles. The Bertz CT molecular complexity index is 495. The van der Waals surface area contributed by atoms with Crippen LogP contribution in [0.3, 0.4) is 0 Å². The molecule has 1 aliphatic heterocycles. The van der Waals surface area contributed by atoms with Crippen molar-refractivity contribution < 1.29 is 13.5 Å². The molecule has 0 amide bonds. The van der Waals surface area contributed by atoms with E-state index in [0.717, 1.165) is 31.5 Å². The highest BCUT2D eigenvalue weighted by Crippen LogP contribution is 2.27. The standard InChI is InChI=1S/C13H19NO3S/c1-18(16,17)13-6-4-12(5-7-13)14-9-2-3-11(14)8-10-15/h4-7,11,15H,2-3,8-10H2,1H3. The Morgan fingerprint density at radius 1 is 1.33 bits per heavy atom. The molecule has 1 atom stereocenters. The zero-order valence-corrected chi connectivity index (χ0v) is 11.4. The van der Waals surface area contributed by atoms with Gasteiger partial charge in [-0.2, -0.15) is 0 Å². The number of sulfone groups is 1. The second kappa shape index (κ2) is 5.28. The van der Waals surface area contributed by atoms with E-state index in [1.54, 1.807) is 12.1 Å². The molecule has 0 radical (unpaired) electrons. The first-order chi connectivity index (χ1) is 8.52. The Labute approximate surface area is 108 Å². The van der Waals surface area contributed by atoms with Gasteiger partial charge in [0.05, 0.1) is 4.90 Å². The summed E-state index contributed by atoms with van der Waals surface area (Å²) in [6.07, 6.45) is 4.20. The van der Waals surface area contributed by atoms with E-state index in [-0.39, 0.29) is 6.61 Å². The first-order valence-electron chi connectivity index (χ1n) is 6.20. The molecule has 18 heavy (non-hydrogen) atoms. The van der Waals surface area contributed by atoms with Crippen LogP contribution in [0, 0.1) is 0 Å². The van der Waals surface area contributed by atoms with Crippen LogP contribution in [0.25, 0.3) is 0 Å². The molecule has 0 bridgehead atoms. The van der Waals surface area contributed by atoms with E-state index in [9.17, 15) is 8.42 Å². The summed E-state index contributed by atoms with van der Waals surface area (Å²) in [5, 5.41) is 9.04. The number of aliphatic hydroxyl groups is 1. The number of benzene rings is 1. The van der Waals surface area contributed by atoms with Crippen LogP contribution in [0.5, 0.6) is 0 Å². The minimum Gasteiger partial charge on any atom is -0.396 e. The maximum absolute atomic E-state index is 11.4. The second-order valence-corrected chi connectivity index (χ2v) is 6.78. The molecule has 1 unspecified atom stereocenters. The first-order valence-corrected chi connectivity index (χ1v) is 8.09. The molecule has 1 aliphatic rings. The van der Waals surface area contributed by atoms with Gasteiger partial charge in [0.25, 0.3) is 0 Å². The lowest BCUT2D eigenvalue weighted by Gasteiger charge is -2.26. The monoisotopic (exact) mass is 269 g/mol. The maximum atomic E-state index is 11.4. The van der Waals surface area contributed by atoms with Crippen molar-refractivity contribution in [2.24, 2.45) is 0 Å². The van der Waals surface area contributed by atoms with Gasteiger partial charge in [-0.1, -0.05) is 0 Å². The molecule has 0 aromatic heterocycles. The van der Waals surface area contributed by atoms with Gasteiger partial charge in [0.2, 0.25) is 0 Å². The summed E-state index contributed by atoms with van der Waals surface area (Å²) in [6, 6.07) is 7.38. The van der Waals surface area contributed by atoms with Gasteiger partial charge < -0.3 is 10.0 Å². The van der Waals surface area contributed by atoms with Crippen LogP contribution >= 0.6 is 0 Å². The number of anilines is 1. The fourth-order valence-corrected chi connectivity index (χ4v) is 3.14. The second-order valence-electron chi connectivity index (χ2n) is 4.77. The minimum atomic E-state index is -3.13. The maximum Gasteiger partial charge on any atom is 0.175 e. The van der Waals surface area contributed by atoms with Crippen LogP contribution in [0.2, 0.25) is 0 Å². The summed E-state index contributed by atoms with van der Waals surface area (Å²) in [4.78, 5) is 2.60. The third-order valence-electron chi connectivity index (χ3n) is 3.44. The molecule has 0 saturated carbocycles. The van der Waals surface area contributed by atoms with Crippen LogP contribution in [0.15, 0.2) is 29.2 Å². The highest BCUT2D eigenvalue weighted by Gasteiger charge is 2.24. The van der Waals surface area contributed by atoms with E-state index in [2.05, 4.69) is 4.90 Å². The van der Waals surface area contributed by atoms with Crippen LogP contribution in [0.1, 0.15) is 19.3 Å². The zero-order chi connectivity index (χ0) is 13.2. The van der Waals surface area contributed by atoms with Gasteiger partial charge in [0.15, 0.2) is 9.84 Å². The number of nitrogens with zero attached hydrogens (tertiary/aromatic N) is 1. The third-order valence-corrected chi connectivity index (χ3v) is 4.56. The Morgan fingerprint density at radius 3 is 2.56 bits per heavy atom. The molecule has 1 heterocycles. The molecular weight excluding hydrogens is 250 g/mol. The highest BCUT2D eigenvalue weighted by molar-refractivity contribution is 7.90. The van der Waals surface area contributed by atoms with Crippen molar-refractivity contribution in [2.75, 3.05) is 24.3 Å². The van der Waals surface area contributed by atoms with Gasteiger partial charge in [-0.15, -0.1) is 0 Å². The molecule has 4 nitrogen and oxygen atoms in total. The largest absolute Gasteiger partial charge is 0.396 e. The van der Waals surface area contributed by atoms with Crippen LogP contribution in [-0.4, -0.2) is 39.0 Å². The van der Waals surface area contributed by atoms with E-state index >= 15 is 0 Å². The van der Waals surface area contributed by atoms with Gasteiger partial charge in [-0.3, -0.25) is 0 Å². The van der Waals surface area contributed by atoms with Crippen molar-refractivity contribution in [3.05, 3.63) is 24.3 Å². The van der Waals surface area contributed by atoms with Gasteiger partial charge in [-0.25, -0.2) is 8.42 Å². The summed E-state index contributed by atoms with van der Waals surface area (Å²) >= 11 is 0. The summed E-state index contributed by atoms with van der Waals surface area (Å²) in [7, 11) is -3.13. The number of aliphatic hydroxyl groups excluding tert-OH is 1. The Hall–Kier alpha value is -1.07. The number of rotatable bonds is 4. The molecule has 1 aromatic rings. The van der Waals surface area contributed by atoms with Crippen molar-refractivity contribution in [2.45, 2.75) is 30.2 Å². The molecule has 0 spiro atoms. The number of hydrogen-bond acceptors (Lipinski definition) is 4. The van der Waals surface area contributed by atoms with Gasteiger partial charge in [0, 0.05) is 31.1 Å². The average Bonchev–Trinajstić information content (AvgIpc) is 2.77. The van der Waals surface area contributed by atoms with E-state index in [0.29, 0.717) is 10.9 Å². The molecule has 2 rings (SSSR count). The van der Waals surface area contributed by atoms with Gasteiger partial charge in [0.1, 0.15) is 0 Å². The SMILES string of the molecule is CS(=O)(=O)c1ccc(N2CCCC2CCO)cc1. The molecule has 100 valence electrons. The molecule has 1 N–H and O–H groups in total. The summed E-state index contributed by atoms with van der Waals surface area (Å²) in [6.45, 7) is 1.17. The summed E-state index contributed by atoms with van der Waals surface area (Å²) < 4.78 is 22.8. The predicted molar refractivity (Wildman–Crippen MR) is 71.6 cm³/mol. The van der Waals surface area contributed by atoms with Crippen molar-refractivity contribution in [3.8, 4) is 0 Å². The molecule has 1 aromatic carbocycles. The lowest BCUT2D eigenvalue weighted by Crippen LogP contribution is -2.29. The molecule has 5 heteroatoms. The Morgan fingerprint density at radius 2 is 2.00 bits per heavy atom.